The van der Waals surface area contributed by atoms with Gasteiger partial charge in [-0.2, -0.15) is 4.31 Å². The van der Waals surface area contributed by atoms with Crippen molar-refractivity contribution >= 4 is 21.6 Å². The molecule has 0 aliphatic heterocycles. The van der Waals surface area contributed by atoms with Crippen LogP contribution in [0.3, 0.4) is 0 Å². The molecule has 0 amide bonds. The molecule has 0 aliphatic rings. The summed E-state index contributed by atoms with van der Waals surface area (Å²) in [5, 5.41) is 0.239. The van der Waals surface area contributed by atoms with Gasteiger partial charge in [-0.25, -0.2) is 8.42 Å². The molecule has 0 saturated heterocycles. The molecule has 0 atom stereocenters. The highest BCUT2D eigenvalue weighted by Crippen LogP contribution is 2.28. The Balaban J connectivity index is 2.32. The molecule has 0 fully saturated rings. The van der Waals surface area contributed by atoms with Gasteiger partial charge >= 0.3 is 0 Å². The Bertz CT molecular complexity index is 730. The molecule has 126 valence electrons. The lowest BCUT2D eigenvalue weighted by Gasteiger charge is -2.21. The van der Waals surface area contributed by atoms with Gasteiger partial charge in [-0.15, -0.1) is 0 Å². The van der Waals surface area contributed by atoms with Crippen molar-refractivity contribution in [1.82, 2.24) is 4.31 Å². The third kappa shape index (κ3) is 4.26. The highest BCUT2D eigenvalue weighted by Gasteiger charge is 2.25. The van der Waals surface area contributed by atoms with E-state index in [0.717, 1.165) is 5.56 Å². The largest absolute Gasteiger partial charge is 0.495 e. The summed E-state index contributed by atoms with van der Waals surface area (Å²) in [4.78, 5) is 0.0999. The summed E-state index contributed by atoms with van der Waals surface area (Å²) < 4.78 is 42.1. The smallest absolute Gasteiger partial charge is 0.243 e. The molecule has 0 bridgehead atoms. The number of benzene rings is 1. The number of methoxy groups -OCH3 is 2. The van der Waals surface area contributed by atoms with E-state index in [1.165, 1.54) is 49.3 Å². The van der Waals surface area contributed by atoms with Crippen molar-refractivity contribution in [3.8, 4) is 5.75 Å². The van der Waals surface area contributed by atoms with E-state index in [1.54, 1.807) is 6.07 Å². The molecule has 0 unspecified atom stereocenters. The van der Waals surface area contributed by atoms with E-state index in [-0.39, 0.29) is 29.6 Å². The number of hydrogen-bond donors (Lipinski definition) is 0. The van der Waals surface area contributed by atoms with Gasteiger partial charge in [0.05, 0.1) is 36.2 Å². The standard InChI is InChI=1S/C15H18ClNO5S/c1-20-8-6-17(10-12-5-7-22-11-12)23(18,19)13-3-4-15(21-2)14(16)9-13/h3-5,7,9,11H,6,8,10H2,1-2H3. The van der Waals surface area contributed by atoms with E-state index < -0.39 is 10.0 Å². The lowest BCUT2D eigenvalue weighted by atomic mass is 10.3. The Hall–Kier alpha value is -1.54. The van der Waals surface area contributed by atoms with E-state index in [0.29, 0.717) is 5.75 Å². The van der Waals surface area contributed by atoms with Crippen molar-refractivity contribution in [3.05, 3.63) is 47.4 Å². The van der Waals surface area contributed by atoms with Gasteiger partial charge in [0.1, 0.15) is 5.75 Å². The Morgan fingerprint density at radius 1 is 1.26 bits per heavy atom. The van der Waals surface area contributed by atoms with E-state index >= 15 is 0 Å². The minimum absolute atomic E-state index is 0.0999. The molecule has 0 saturated carbocycles. The van der Waals surface area contributed by atoms with Crippen molar-refractivity contribution < 1.29 is 22.3 Å². The summed E-state index contributed by atoms with van der Waals surface area (Å²) in [6.07, 6.45) is 3.01. The van der Waals surface area contributed by atoms with Gasteiger partial charge in [-0.1, -0.05) is 11.6 Å². The number of furan rings is 1. The zero-order valence-electron chi connectivity index (χ0n) is 12.9. The Kier molecular flexibility index (Phi) is 6.06. The minimum atomic E-state index is -3.73. The summed E-state index contributed by atoms with van der Waals surface area (Å²) >= 11 is 6.04. The molecule has 1 aromatic heterocycles. The first-order chi connectivity index (χ1) is 11.0. The first-order valence-corrected chi connectivity index (χ1v) is 8.64. The number of nitrogens with zero attached hydrogens (tertiary/aromatic N) is 1. The monoisotopic (exact) mass is 359 g/mol. The van der Waals surface area contributed by atoms with Crippen LogP contribution in [0.25, 0.3) is 0 Å². The number of ether oxygens (including phenoxy) is 2. The van der Waals surface area contributed by atoms with Crippen LogP contribution in [0.5, 0.6) is 5.75 Å². The van der Waals surface area contributed by atoms with Crippen molar-refractivity contribution in [3.63, 3.8) is 0 Å². The summed E-state index contributed by atoms with van der Waals surface area (Å²) in [5.74, 6) is 0.420. The average molecular weight is 360 g/mol. The van der Waals surface area contributed by atoms with E-state index in [1.807, 2.05) is 0 Å². The fourth-order valence-corrected chi connectivity index (χ4v) is 3.78. The number of sulfonamides is 1. The molecule has 23 heavy (non-hydrogen) atoms. The summed E-state index contributed by atoms with van der Waals surface area (Å²) in [6, 6.07) is 6.10. The van der Waals surface area contributed by atoms with Gasteiger partial charge in [0, 0.05) is 25.8 Å². The highest BCUT2D eigenvalue weighted by atomic mass is 35.5. The zero-order valence-corrected chi connectivity index (χ0v) is 14.4. The fourth-order valence-electron chi connectivity index (χ4n) is 2.02. The second-order valence-electron chi connectivity index (χ2n) is 4.76. The van der Waals surface area contributed by atoms with Gasteiger partial charge < -0.3 is 13.9 Å². The number of hydrogen-bond acceptors (Lipinski definition) is 5. The van der Waals surface area contributed by atoms with Gasteiger partial charge in [0.15, 0.2) is 0 Å². The van der Waals surface area contributed by atoms with Crippen LogP contribution >= 0.6 is 11.6 Å². The quantitative estimate of drug-likeness (QED) is 0.725. The van der Waals surface area contributed by atoms with Crippen LogP contribution in [0, 0.1) is 0 Å². The van der Waals surface area contributed by atoms with Crippen LogP contribution in [-0.4, -0.2) is 40.1 Å². The van der Waals surface area contributed by atoms with Crippen LogP contribution in [0.4, 0.5) is 0 Å². The minimum Gasteiger partial charge on any atom is -0.495 e. The first-order valence-electron chi connectivity index (χ1n) is 6.82. The number of halogens is 1. The summed E-state index contributed by atoms with van der Waals surface area (Å²) in [6.45, 7) is 0.681. The molecule has 0 radical (unpaired) electrons. The molecule has 0 N–H and O–H groups in total. The molecular formula is C15H18ClNO5S. The summed E-state index contributed by atoms with van der Waals surface area (Å²) in [7, 11) is -0.733. The highest BCUT2D eigenvalue weighted by molar-refractivity contribution is 7.89. The van der Waals surface area contributed by atoms with Crippen LogP contribution in [0.1, 0.15) is 5.56 Å². The van der Waals surface area contributed by atoms with Crippen molar-refractivity contribution in [2.45, 2.75) is 11.4 Å². The predicted octanol–water partition coefficient (Wildman–Crippen LogP) is 2.78. The molecule has 0 spiro atoms. The summed E-state index contributed by atoms with van der Waals surface area (Å²) in [5.41, 5.74) is 0.754. The molecule has 2 aromatic rings. The molecular weight excluding hydrogens is 342 g/mol. The third-order valence-electron chi connectivity index (χ3n) is 3.24. The van der Waals surface area contributed by atoms with E-state index in [9.17, 15) is 8.42 Å². The van der Waals surface area contributed by atoms with Crippen LogP contribution in [-0.2, 0) is 21.3 Å². The van der Waals surface area contributed by atoms with E-state index in [4.69, 9.17) is 25.5 Å². The van der Waals surface area contributed by atoms with Crippen LogP contribution < -0.4 is 4.74 Å². The molecule has 6 nitrogen and oxygen atoms in total. The van der Waals surface area contributed by atoms with E-state index in [2.05, 4.69) is 0 Å². The molecule has 0 aliphatic carbocycles. The second-order valence-corrected chi connectivity index (χ2v) is 7.10. The SMILES string of the molecule is COCCN(Cc1ccoc1)S(=O)(=O)c1ccc(OC)c(Cl)c1. The lowest BCUT2D eigenvalue weighted by molar-refractivity contribution is 0.177. The van der Waals surface area contributed by atoms with Gasteiger partial charge in [-0.3, -0.25) is 0 Å². The normalized spacial score (nSPS) is 11.8. The molecule has 1 aromatic carbocycles. The van der Waals surface area contributed by atoms with Crippen LogP contribution in [0.2, 0.25) is 5.02 Å². The maximum atomic E-state index is 12.9. The Morgan fingerprint density at radius 2 is 2.04 bits per heavy atom. The van der Waals surface area contributed by atoms with Crippen molar-refractivity contribution in [2.24, 2.45) is 0 Å². The Morgan fingerprint density at radius 3 is 2.61 bits per heavy atom. The fraction of sp³-hybridized carbons (Fsp3) is 0.333. The van der Waals surface area contributed by atoms with Crippen LogP contribution in [0.15, 0.2) is 46.1 Å². The van der Waals surface area contributed by atoms with Crippen molar-refractivity contribution in [1.29, 1.82) is 0 Å². The lowest BCUT2D eigenvalue weighted by Crippen LogP contribution is -2.33. The number of rotatable bonds is 8. The topological polar surface area (TPSA) is 69.0 Å². The second kappa shape index (κ2) is 7.83. The molecule has 2 rings (SSSR count). The average Bonchev–Trinajstić information content (AvgIpc) is 3.04. The van der Waals surface area contributed by atoms with Gasteiger partial charge in [-0.05, 0) is 24.3 Å². The van der Waals surface area contributed by atoms with Gasteiger partial charge in [0.2, 0.25) is 10.0 Å². The third-order valence-corrected chi connectivity index (χ3v) is 5.38. The van der Waals surface area contributed by atoms with Gasteiger partial charge in [0.25, 0.3) is 0 Å². The van der Waals surface area contributed by atoms with Crippen molar-refractivity contribution in [2.75, 3.05) is 27.4 Å². The predicted molar refractivity (Wildman–Crippen MR) is 86.2 cm³/mol. The maximum absolute atomic E-state index is 12.9. The zero-order chi connectivity index (χ0) is 16.9. The molecule has 1 heterocycles. The Labute approximate surface area is 140 Å². The molecule has 8 heteroatoms. The maximum Gasteiger partial charge on any atom is 0.243 e. The first kappa shape index (κ1) is 17.8.